The van der Waals surface area contributed by atoms with Gasteiger partial charge in [0.1, 0.15) is 5.82 Å². The molecule has 0 aliphatic rings. The summed E-state index contributed by atoms with van der Waals surface area (Å²) in [4.78, 5) is 16.1. The van der Waals surface area contributed by atoms with Gasteiger partial charge in [-0.2, -0.15) is 0 Å². The van der Waals surface area contributed by atoms with Crippen molar-refractivity contribution in [3.8, 4) is 0 Å². The maximum absolute atomic E-state index is 12.0. The fraction of sp³-hybridized carbons (Fsp3) is 0. The van der Waals surface area contributed by atoms with Crippen molar-refractivity contribution < 1.29 is 4.79 Å². The van der Waals surface area contributed by atoms with Crippen LogP contribution >= 0.6 is 46.4 Å². The van der Waals surface area contributed by atoms with E-state index in [2.05, 4.69) is 38.2 Å². The van der Waals surface area contributed by atoms with Crippen LogP contribution in [0.4, 0.5) is 5.82 Å². The zero-order valence-corrected chi connectivity index (χ0v) is 13.8. The highest BCUT2D eigenvalue weighted by atomic mass is 127. The predicted molar refractivity (Wildman–Crippen MR) is 92.1 cm³/mol. The lowest BCUT2D eigenvalue weighted by molar-refractivity contribution is 0.0978. The van der Waals surface area contributed by atoms with E-state index in [4.69, 9.17) is 23.8 Å². The summed E-state index contributed by atoms with van der Waals surface area (Å²) < 4.78 is 1.01. The maximum Gasteiger partial charge on any atom is 0.258 e. The average molecular weight is 418 g/mol. The number of benzene rings is 1. The summed E-state index contributed by atoms with van der Waals surface area (Å²) in [5.41, 5.74) is 0.369. The first kappa shape index (κ1) is 15.1. The molecule has 0 bridgehead atoms. The van der Waals surface area contributed by atoms with Crippen LogP contribution in [-0.2, 0) is 0 Å². The molecule has 0 spiro atoms. The van der Waals surface area contributed by atoms with Crippen molar-refractivity contribution in [3.05, 3.63) is 56.8 Å². The van der Waals surface area contributed by atoms with Gasteiger partial charge in [-0.05, 0) is 59.1 Å². The van der Waals surface area contributed by atoms with Crippen LogP contribution in [0.25, 0.3) is 0 Å². The van der Waals surface area contributed by atoms with Crippen LogP contribution in [-0.4, -0.2) is 16.0 Å². The molecular weight excluding hydrogens is 409 g/mol. The van der Waals surface area contributed by atoms with Gasteiger partial charge >= 0.3 is 0 Å². The molecule has 1 aromatic carbocycles. The normalized spacial score (nSPS) is 9.90. The van der Waals surface area contributed by atoms with E-state index in [0.717, 1.165) is 3.57 Å². The van der Waals surface area contributed by atoms with E-state index in [9.17, 15) is 4.79 Å². The fourth-order valence-electron chi connectivity index (χ4n) is 1.41. The number of carbonyl (C=O) groups excluding carboxylic acids is 1. The molecular formula is C13H9ClIN3OS. The molecule has 4 nitrogen and oxygen atoms in total. The molecule has 1 amide bonds. The number of amides is 1. The SMILES string of the molecule is O=C(NC(=S)Nc1ccc(I)cn1)c1ccccc1Cl. The van der Waals surface area contributed by atoms with Gasteiger partial charge in [0.25, 0.3) is 5.91 Å². The lowest BCUT2D eigenvalue weighted by Crippen LogP contribution is -2.34. The number of carbonyl (C=O) groups is 1. The molecule has 20 heavy (non-hydrogen) atoms. The Bertz CT molecular complexity index is 648. The Morgan fingerprint density at radius 2 is 2.00 bits per heavy atom. The number of nitrogens with zero attached hydrogens (tertiary/aromatic N) is 1. The number of rotatable bonds is 2. The molecule has 0 saturated heterocycles. The number of hydrogen-bond acceptors (Lipinski definition) is 3. The Kier molecular flexibility index (Phi) is 5.27. The molecule has 0 atom stereocenters. The summed E-state index contributed by atoms with van der Waals surface area (Å²) in [5, 5.41) is 5.93. The standard InChI is InChI=1S/C13H9ClIN3OS/c14-10-4-2-1-3-9(10)12(19)18-13(20)17-11-6-5-8(15)7-16-11/h1-7H,(H2,16,17,18,19,20). The highest BCUT2D eigenvalue weighted by molar-refractivity contribution is 14.1. The maximum atomic E-state index is 12.0. The Balaban J connectivity index is 2.00. The van der Waals surface area contributed by atoms with Gasteiger partial charge in [0, 0.05) is 9.77 Å². The zero-order chi connectivity index (χ0) is 14.5. The van der Waals surface area contributed by atoms with Crippen LogP contribution in [0.3, 0.4) is 0 Å². The van der Waals surface area contributed by atoms with Gasteiger partial charge in [-0.25, -0.2) is 4.98 Å². The molecule has 7 heteroatoms. The van der Waals surface area contributed by atoms with Gasteiger partial charge in [0.2, 0.25) is 0 Å². The minimum absolute atomic E-state index is 0.170. The minimum atomic E-state index is -0.362. The van der Waals surface area contributed by atoms with Crippen molar-refractivity contribution >= 4 is 63.2 Å². The van der Waals surface area contributed by atoms with Crippen LogP contribution in [0.15, 0.2) is 42.6 Å². The van der Waals surface area contributed by atoms with Gasteiger partial charge in [0.15, 0.2) is 5.11 Å². The van der Waals surface area contributed by atoms with Crippen molar-refractivity contribution in [2.45, 2.75) is 0 Å². The molecule has 2 N–H and O–H groups in total. The van der Waals surface area contributed by atoms with Crippen LogP contribution in [0.1, 0.15) is 10.4 Å². The summed E-state index contributed by atoms with van der Waals surface area (Å²) >= 11 is 13.2. The van der Waals surface area contributed by atoms with E-state index in [1.807, 2.05) is 6.07 Å². The minimum Gasteiger partial charge on any atom is -0.317 e. The van der Waals surface area contributed by atoms with Gasteiger partial charge in [-0.15, -0.1) is 0 Å². The lowest BCUT2D eigenvalue weighted by atomic mass is 10.2. The number of pyridine rings is 1. The summed E-state index contributed by atoms with van der Waals surface area (Å²) in [6.45, 7) is 0. The first-order chi connectivity index (χ1) is 9.56. The Morgan fingerprint density at radius 3 is 2.65 bits per heavy atom. The third-order valence-electron chi connectivity index (χ3n) is 2.31. The molecule has 0 saturated carbocycles. The summed E-state index contributed by atoms with van der Waals surface area (Å²) in [6, 6.07) is 10.4. The number of thiocarbonyl (C=S) groups is 1. The van der Waals surface area contributed by atoms with Gasteiger partial charge in [-0.3, -0.25) is 10.1 Å². The van der Waals surface area contributed by atoms with E-state index < -0.39 is 0 Å². The van der Waals surface area contributed by atoms with Crippen molar-refractivity contribution in [1.29, 1.82) is 0 Å². The molecule has 0 aliphatic heterocycles. The molecule has 1 heterocycles. The molecule has 0 radical (unpaired) electrons. The lowest BCUT2D eigenvalue weighted by Gasteiger charge is -2.09. The second-order valence-corrected chi connectivity index (χ2v) is 5.81. The monoisotopic (exact) mass is 417 g/mol. The van der Waals surface area contributed by atoms with Crippen molar-refractivity contribution in [2.75, 3.05) is 5.32 Å². The molecule has 102 valence electrons. The third kappa shape index (κ3) is 4.12. The van der Waals surface area contributed by atoms with Crippen molar-refractivity contribution in [1.82, 2.24) is 10.3 Å². The zero-order valence-electron chi connectivity index (χ0n) is 10.1. The highest BCUT2D eigenvalue weighted by Crippen LogP contribution is 2.14. The Hall–Kier alpha value is -1.25. The number of nitrogens with one attached hydrogen (secondary N) is 2. The van der Waals surface area contributed by atoms with Crippen molar-refractivity contribution in [2.24, 2.45) is 0 Å². The number of hydrogen-bond donors (Lipinski definition) is 2. The Labute approximate surface area is 140 Å². The highest BCUT2D eigenvalue weighted by Gasteiger charge is 2.11. The first-order valence-corrected chi connectivity index (χ1v) is 7.41. The first-order valence-electron chi connectivity index (χ1n) is 5.54. The van der Waals surface area contributed by atoms with Gasteiger partial charge < -0.3 is 5.32 Å². The molecule has 1 aromatic heterocycles. The number of aromatic nitrogens is 1. The van der Waals surface area contributed by atoms with Gasteiger partial charge in [0.05, 0.1) is 10.6 Å². The van der Waals surface area contributed by atoms with Crippen LogP contribution in [0.2, 0.25) is 5.02 Å². The van der Waals surface area contributed by atoms with Crippen molar-refractivity contribution in [3.63, 3.8) is 0 Å². The second kappa shape index (κ2) is 6.96. The molecule has 0 unspecified atom stereocenters. The molecule has 0 aliphatic carbocycles. The molecule has 2 aromatic rings. The van der Waals surface area contributed by atoms with Crippen LogP contribution < -0.4 is 10.6 Å². The van der Waals surface area contributed by atoms with E-state index in [1.165, 1.54) is 0 Å². The predicted octanol–water partition coefficient (Wildman–Crippen LogP) is 3.47. The van der Waals surface area contributed by atoms with Crippen LogP contribution in [0, 0.1) is 3.57 Å². The van der Waals surface area contributed by atoms with E-state index >= 15 is 0 Å². The van der Waals surface area contributed by atoms with E-state index in [-0.39, 0.29) is 11.0 Å². The molecule has 0 fully saturated rings. The largest absolute Gasteiger partial charge is 0.317 e. The number of halogens is 2. The van der Waals surface area contributed by atoms with E-state index in [1.54, 1.807) is 36.5 Å². The quantitative estimate of drug-likeness (QED) is 0.580. The topological polar surface area (TPSA) is 54.0 Å². The summed E-state index contributed by atoms with van der Waals surface area (Å²) in [7, 11) is 0. The fourth-order valence-corrected chi connectivity index (χ4v) is 2.15. The summed E-state index contributed by atoms with van der Waals surface area (Å²) in [6.07, 6.45) is 1.70. The van der Waals surface area contributed by atoms with Crippen LogP contribution in [0.5, 0.6) is 0 Å². The third-order valence-corrected chi connectivity index (χ3v) is 3.49. The smallest absolute Gasteiger partial charge is 0.258 e. The average Bonchev–Trinajstić information content (AvgIpc) is 2.41. The molecule has 2 rings (SSSR count). The van der Waals surface area contributed by atoms with E-state index in [0.29, 0.717) is 16.4 Å². The number of anilines is 1. The summed E-state index contributed by atoms with van der Waals surface area (Å²) in [5.74, 6) is 0.202. The Morgan fingerprint density at radius 1 is 1.25 bits per heavy atom. The van der Waals surface area contributed by atoms with Gasteiger partial charge in [-0.1, -0.05) is 23.7 Å². The second-order valence-electron chi connectivity index (χ2n) is 3.75.